The molecule has 1 heterocycles. The largest absolute Gasteiger partial charge is 0.497 e. The van der Waals surface area contributed by atoms with Crippen molar-refractivity contribution in [1.29, 1.82) is 0 Å². The van der Waals surface area contributed by atoms with E-state index in [2.05, 4.69) is 48.3 Å². The number of piperazine rings is 1. The van der Waals surface area contributed by atoms with Gasteiger partial charge in [0.15, 0.2) is 5.96 Å². The number of guanidine groups is 1. The summed E-state index contributed by atoms with van der Waals surface area (Å²) in [6, 6.07) is 8.35. The molecule has 1 aliphatic heterocycles. The summed E-state index contributed by atoms with van der Waals surface area (Å²) in [4.78, 5) is 22.8. The Hall–Kier alpha value is -1.55. The lowest BCUT2D eigenvalue weighted by atomic mass is 10.1. The number of hydrogen-bond acceptors (Lipinski definition) is 4. The van der Waals surface area contributed by atoms with E-state index in [1.54, 1.807) is 14.0 Å². The second-order valence-electron chi connectivity index (χ2n) is 6.94. The van der Waals surface area contributed by atoms with Gasteiger partial charge in [-0.05, 0) is 38.7 Å². The van der Waals surface area contributed by atoms with E-state index in [1.807, 2.05) is 17.0 Å². The summed E-state index contributed by atoms with van der Waals surface area (Å²) in [6.45, 7) is 8.29. The highest BCUT2D eigenvalue weighted by molar-refractivity contribution is 14.0. The number of halogens is 1. The van der Waals surface area contributed by atoms with Gasteiger partial charge >= 0.3 is 0 Å². The molecular weight excluding hydrogens is 469 g/mol. The third-order valence-electron chi connectivity index (χ3n) is 4.90. The standard InChI is InChI=1S/C20H33N5O2.HI/c1-6-21-20(25-13-11-24(12-14-25)16(2)26)22-15-19(23(3)4)17-7-9-18(27-5)10-8-17;/h7-10,19H,6,11-15H2,1-5H3,(H,21,22);1H. The number of hydrogen-bond donors (Lipinski definition) is 1. The Kier molecular flexibility index (Phi) is 10.6. The normalized spacial score (nSPS) is 15.9. The van der Waals surface area contributed by atoms with E-state index in [9.17, 15) is 4.79 Å². The lowest BCUT2D eigenvalue weighted by Crippen LogP contribution is -2.53. The zero-order chi connectivity index (χ0) is 19.8. The highest BCUT2D eigenvalue weighted by Gasteiger charge is 2.21. The summed E-state index contributed by atoms with van der Waals surface area (Å²) >= 11 is 0. The van der Waals surface area contributed by atoms with Crippen LogP contribution in [0.4, 0.5) is 0 Å². The molecule has 0 radical (unpaired) electrons. The van der Waals surface area contributed by atoms with Gasteiger partial charge in [0.1, 0.15) is 5.75 Å². The van der Waals surface area contributed by atoms with Crippen LogP contribution in [-0.4, -0.2) is 87.0 Å². The number of amides is 1. The van der Waals surface area contributed by atoms with E-state index in [4.69, 9.17) is 9.73 Å². The molecular formula is C20H34IN5O2. The maximum atomic E-state index is 11.5. The molecule has 158 valence electrons. The molecule has 1 aromatic carbocycles. The van der Waals surface area contributed by atoms with Gasteiger partial charge in [0.2, 0.25) is 5.91 Å². The maximum absolute atomic E-state index is 11.5. The van der Waals surface area contributed by atoms with Crippen LogP contribution in [0, 0.1) is 0 Å². The minimum atomic E-state index is 0. The van der Waals surface area contributed by atoms with E-state index in [1.165, 1.54) is 5.56 Å². The third kappa shape index (κ3) is 6.80. The number of carbonyl (C=O) groups is 1. The van der Waals surface area contributed by atoms with Crippen LogP contribution >= 0.6 is 24.0 Å². The molecule has 0 aromatic heterocycles. The Labute approximate surface area is 186 Å². The molecule has 0 saturated carbocycles. The fraction of sp³-hybridized carbons (Fsp3) is 0.600. The molecule has 2 rings (SSSR count). The Bertz CT molecular complexity index is 628. The van der Waals surface area contributed by atoms with Crippen molar-refractivity contribution in [3.63, 3.8) is 0 Å². The van der Waals surface area contributed by atoms with Crippen LogP contribution in [0.5, 0.6) is 5.75 Å². The SMILES string of the molecule is CCNC(=NCC(c1ccc(OC)cc1)N(C)C)N1CCN(C(C)=O)CC1.I. The van der Waals surface area contributed by atoms with Crippen molar-refractivity contribution < 1.29 is 9.53 Å². The minimum Gasteiger partial charge on any atom is -0.497 e. The number of carbonyl (C=O) groups excluding carboxylic acids is 1. The molecule has 1 atom stereocenters. The van der Waals surface area contributed by atoms with E-state index in [-0.39, 0.29) is 35.9 Å². The van der Waals surface area contributed by atoms with Crippen LogP contribution in [0.15, 0.2) is 29.3 Å². The molecule has 8 heteroatoms. The topological polar surface area (TPSA) is 60.4 Å². The zero-order valence-corrected chi connectivity index (χ0v) is 20.0. The number of rotatable bonds is 6. The summed E-state index contributed by atoms with van der Waals surface area (Å²) in [6.07, 6.45) is 0. The molecule has 1 saturated heterocycles. The predicted octanol–water partition coefficient (Wildman–Crippen LogP) is 2.05. The molecule has 1 aliphatic rings. The van der Waals surface area contributed by atoms with Crippen LogP contribution < -0.4 is 10.1 Å². The summed E-state index contributed by atoms with van der Waals surface area (Å²) in [5, 5.41) is 3.39. The van der Waals surface area contributed by atoms with Gasteiger partial charge < -0.3 is 24.8 Å². The summed E-state index contributed by atoms with van der Waals surface area (Å²) in [5.41, 5.74) is 1.21. The Morgan fingerprint density at radius 2 is 1.75 bits per heavy atom. The first-order valence-electron chi connectivity index (χ1n) is 9.55. The molecule has 1 aromatic rings. The molecule has 7 nitrogen and oxygen atoms in total. The van der Waals surface area contributed by atoms with Crippen molar-refractivity contribution in [3.8, 4) is 5.75 Å². The monoisotopic (exact) mass is 503 g/mol. The lowest BCUT2D eigenvalue weighted by Gasteiger charge is -2.36. The van der Waals surface area contributed by atoms with Gasteiger partial charge in [0.05, 0.1) is 19.7 Å². The van der Waals surface area contributed by atoms with Gasteiger partial charge in [0.25, 0.3) is 0 Å². The Balaban J connectivity index is 0.00000392. The van der Waals surface area contributed by atoms with Gasteiger partial charge in [-0.15, -0.1) is 24.0 Å². The fourth-order valence-electron chi connectivity index (χ4n) is 3.22. The van der Waals surface area contributed by atoms with E-state index < -0.39 is 0 Å². The Morgan fingerprint density at radius 3 is 2.21 bits per heavy atom. The second-order valence-corrected chi connectivity index (χ2v) is 6.94. The minimum absolute atomic E-state index is 0. The average Bonchev–Trinajstić information content (AvgIpc) is 2.67. The highest BCUT2D eigenvalue weighted by atomic mass is 127. The fourth-order valence-corrected chi connectivity index (χ4v) is 3.22. The summed E-state index contributed by atoms with van der Waals surface area (Å²) in [7, 11) is 5.82. The van der Waals surface area contributed by atoms with E-state index in [0.717, 1.165) is 44.4 Å². The van der Waals surface area contributed by atoms with Crippen molar-refractivity contribution in [1.82, 2.24) is 20.0 Å². The molecule has 0 bridgehead atoms. The van der Waals surface area contributed by atoms with Gasteiger partial charge in [0, 0.05) is 39.6 Å². The van der Waals surface area contributed by atoms with Crippen molar-refractivity contribution >= 4 is 35.8 Å². The van der Waals surface area contributed by atoms with Crippen LogP contribution in [0.1, 0.15) is 25.5 Å². The van der Waals surface area contributed by atoms with E-state index >= 15 is 0 Å². The van der Waals surface area contributed by atoms with Gasteiger partial charge in [-0.25, -0.2) is 0 Å². The smallest absolute Gasteiger partial charge is 0.219 e. The van der Waals surface area contributed by atoms with Crippen molar-refractivity contribution in [2.45, 2.75) is 19.9 Å². The van der Waals surface area contributed by atoms with Crippen molar-refractivity contribution in [3.05, 3.63) is 29.8 Å². The molecule has 28 heavy (non-hydrogen) atoms. The van der Waals surface area contributed by atoms with E-state index in [0.29, 0.717) is 6.54 Å². The van der Waals surface area contributed by atoms with Crippen LogP contribution in [0.25, 0.3) is 0 Å². The maximum Gasteiger partial charge on any atom is 0.219 e. The number of likely N-dealkylation sites (N-methyl/N-ethyl adjacent to an activating group) is 1. The third-order valence-corrected chi connectivity index (χ3v) is 4.90. The summed E-state index contributed by atoms with van der Waals surface area (Å²) < 4.78 is 5.26. The van der Waals surface area contributed by atoms with Crippen LogP contribution in [0.3, 0.4) is 0 Å². The van der Waals surface area contributed by atoms with Gasteiger partial charge in [-0.2, -0.15) is 0 Å². The first kappa shape index (κ1) is 24.5. The van der Waals surface area contributed by atoms with Crippen molar-refractivity contribution in [2.24, 2.45) is 4.99 Å². The molecule has 1 N–H and O–H groups in total. The quantitative estimate of drug-likeness (QED) is 0.366. The number of aliphatic imine (C=N–C) groups is 1. The van der Waals surface area contributed by atoms with Gasteiger partial charge in [-0.1, -0.05) is 12.1 Å². The second kappa shape index (κ2) is 12.1. The highest BCUT2D eigenvalue weighted by Crippen LogP contribution is 2.21. The number of methoxy groups -OCH3 is 1. The summed E-state index contributed by atoms with van der Waals surface area (Å²) in [5.74, 6) is 1.92. The van der Waals surface area contributed by atoms with Crippen LogP contribution in [-0.2, 0) is 4.79 Å². The first-order chi connectivity index (χ1) is 13.0. The number of ether oxygens (including phenoxy) is 1. The zero-order valence-electron chi connectivity index (χ0n) is 17.6. The molecule has 1 unspecified atom stereocenters. The molecule has 1 amide bonds. The van der Waals surface area contributed by atoms with Crippen molar-refractivity contribution in [2.75, 3.05) is 60.5 Å². The Morgan fingerprint density at radius 1 is 1.18 bits per heavy atom. The predicted molar refractivity (Wildman–Crippen MR) is 125 cm³/mol. The van der Waals surface area contributed by atoms with Crippen LogP contribution in [0.2, 0.25) is 0 Å². The number of benzene rings is 1. The molecule has 1 fully saturated rings. The lowest BCUT2D eigenvalue weighted by molar-refractivity contribution is -0.130. The number of nitrogens with one attached hydrogen (secondary N) is 1. The average molecular weight is 503 g/mol. The van der Waals surface area contributed by atoms with Gasteiger partial charge in [-0.3, -0.25) is 9.79 Å². The molecule has 0 spiro atoms. The first-order valence-corrected chi connectivity index (χ1v) is 9.55. The molecule has 0 aliphatic carbocycles. The number of nitrogens with zero attached hydrogens (tertiary/aromatic N) is 4.